The largest absolute Gasteiger partial charge is 0.474 e. The summed E-state index contributed by atoms with van der Waals surface area (Å²) in [7, 11) is 0. The third-order valence-electron chi connectivity index (χ3n) is 7.77. The molecule has 0 aliphatic carbocycles. The van der Waals surface area contributed by atoms with Gasteiger partial charge in [-0.2, -0.15) is 0 Å². The number of hydrogen-bond donors (Lipinski definition) is 1. The molecular weight excluding hydrogens is 511 g/mol. The molecular formula is C28H36F3N5O3. The van der Waals surface area contributed by atoms with Crippen LogP contribution in [0.3, 0.4) is 0 Å². The molecule has 212 valence electrons. The summed E-state index contributed by atoms with van der Waals surface area (Å²) in [6.07, 6.45) is -0.767. The molecule has 3 aliphatic heterocycles. The summed E-state index contributed by atoms with van der Waals surface area (Å²) in [4.78, 5) is 23.8. The summed E-state index contributed by atoms with van der Waals surface area (Å²) in [6.45, 7) is 8.14. The molecule has 4 heterocycles. The van der Waals surface area contributed by atoms with Crippen LogP contribution in [0.4, 0.5) is 18.9 Å². The number of benzene rings is 1. The number of fused-ring (bicyclic) bond motifs is 1. The molecule has 11 heteroatoms. The first-order valence-corrected chi connectivity index (χ1v) is 13.5. The third kappa shape index (κ3) is 6.54. The average molecular weight is 548 g/mol. The number of rotatable bonds is 7. The summed E-state index contributed by atoms with van der Waals surface area (Å²) in [5, 5.41) is 3.50. The van der Waals surface area contributed by atoms with Crippen LogP contribution in [0.5, 0.6) is 5.88 Å². The molecule has 0 spiro atoms. The maximum absolute atomic E-state index is 14.2. The van der Waals surface area contributed by atoms with E-state index < -0.39 is 18.4 Å². The number of halogens is 3. The van der Waals surface area contributed by atoms with Crippen molar-refractivity contribution in [1.82, 2.24) is 20.1 Å². The number of aromatic nitrogens is 1. The SMILES string of the molecule is C[C@@H]1CN(CC(=O)N2c3cc(Cc4ccc(F)cc4)cnc3OCC2C(F)F)[C@@H](CN2CCOC[C@H]2C)CN1. The van der Waals surface area contributed by atoms with Gasteiger partial charge < -0.3 is 14.8 Å². The van der Waals surface area contributed by atoms with E-state index in [2.05, 4.69) is 33.9 Å². The number of pyridine rings is 1. The lowest BCUT2D eigenvalue weighted by molar-refractivity contribution is -0.123. The van der Waals surface area contributed by atoms with Crippen molar-refractivity contribution in [2.24, 2.45) is 0 Å². The minimum atomic E-state index is -2.78. The van der Waals surface area contributed by atoms with Gasteiger partial charge >= 0.3 is 0 Å². The lowest BCUT2D eigenvalue weighted by atomic mass is 10.0. The van der Waals surface area contributed by atoms with Crippen LogP contribution >= 0.6 is 0 Å². The Hall–Kier alpha value is -2.73. The molecule has 39 heavy (non-hydrogen) atoms. The van der Waals surface area contributed by atoms with Gasteiger partial charge in [-0.1, -0.05) is 12.1 Å². The molecule has 1 aromatic heterocycles. The maximum atomic E-state index is 14.2. The van der Waals surface area contributed by atoms with Crippen LogP contribution in [0.1, 0.15) is 25.0 Å². The van der Waals surface area contributed by atoms with E-state index in [1.807, 2.05) is 0 Å². The third-order valence-corrected chi connectivity index (χ3v) is 7.77. The van der Waals surface area contributed by atoms with Gasteiger partial charge in [-0.3, -0.25) is 19.5 Å². The van der Waals surface area contributed by atoms with Crippen LogP contribution in [-0.2, 0) is 16.0 Å². The fourth-order valence-corrected chi connectivity index (χ4v) is 5.58. The predicted octanol–water partition coefficient (Wildman–Crippen LogP) is 2.55. The fourth-order valence-electron chi connectivity index (χ4n) is 5.58. The number of hydrogen-bond acceptors (Lipinski definition) is 7. The van der Waals surface area contributed by atoms with Gasteiger partial charge in [-0.05, 0) is 49.6 Å². The van der Waals surface area contributed by atoms with Gasteiger partial charge in [0.1, 0.15) is 24.2 Å². The number of amides is 1. The zero-order valence-corrected chi connectivity index (χ0v) is 22.4. The first-order valence-electron chi connectivity index (χ1n) is 13.5. The van der Waals surface area contributed by atoms with Gasteiger partial charge in [0.2, 0.25) is 11.8 Å². The monoisotopic (exact) mass is 547 g/mol. The quantitative estimate of drug-likeness (QED) is 0.572. The Bertz CT molecular complexity index is 1140. The molecule has 2 saturated heterocycles. The van der Waals surface area contributed by atoms with Crippen LogP contribution in [0.25, 0.3) is 0 Å². The fraction of sp³-hybridized carbons (Fsp3) is 0.571. The second-order valence-corrected chi connectivity index (χ2v) is 10.8. The average Bonchev–Trinajstić information content (AvgIpc) is 2.91. The standard InChI is InChI=1S/C28H36F3N5O3/c1-18-13-35(23(12-32-18)14-34-7-8-38-16-19(34)2)15-26(37)36-24-10-21(9-20-3-5-22(29)6-4-20)11-33-28(24)39-17-25(36)27(30)31/h3-6,10-11,18-19,23,25,27,32H,7-9,12-17H2,1-2H3/t18-,19-,23-,25?/m1/s1. The van der Waals surface area contributed by atoms with Crippen molar-refractivity contribution in [2.75, 3.05) is 57.4 Å². The van der Waals surface area contributed by atoms with Gasteiger partial charge in [-0.25, -0.2) is 18.2 Å². The van der Waals surface area contributed by atoms with E-state index in [9.17, 15) is 18.0 Å². The second-order valence-electron chi connectivity index (χ2n) is 10.8. The molecule has 8 nitrogen and oxygen atoms in total. The topological polar surface area (TPSA) is 70.2 Å². The molecule has 1 unspecified atom stereocenters. The highest BCUT2D eigenvalue weighted by molar-refractivity contribution is 5.97. The number of carbonyl (C=O) groups excluding carboxylic acids is 1. The zero-order chi connectivity index (χ0) is 27.5. The van der Waals surface area contributed by atoms with Crippen LogP contribution < -0.4 is 15.0 Å². The Morgan fingerprint density at radius 2 is 1.95 bits per heavy atom. The van der Waals surface area contributed by atoms with Crippen LogP contribution in [0.15, 0.2) is 36.5 Å². The summed E-state index contributed by atoms with van der Waals surface area (Å²) in [5.41, 5.74) is 1.80. The molecule has 3 aliphatic rings. The molecule has 5 rings (SSSR count). The first-order chi connectivity index (χ1) is 18.8. The molecule has 4 atom stereocenters. The zero-order valence-electron chi connectivity index (χ0n) is 22.4. The minimum Gasteiger partial charge on any atom is -0.474 e. The molecule has 2 aromatic rings. The molecule has 0 radical (unpaired) electrons. The number of morpholine rings is 1. The number of carbonyl (C=O) groups is 1. The van der Waals surface area contributed by atoms with E-state index in [4.69, 9.17) is 9.47 Å². The van der Waals surface area contributed by atoms with Crippen molar-refractivity contribution >= 4 is 11.6 Å². The predicted molar refractivity (Wildman–Crippen MR) is 141 cm³/mol. The Morgan fingerprint density at radius 3 is 2.69 bits per heavy atom. The summed E-state index contributed by atoms with van der Waals surface area (Å²) in [6, 6.07) is 6.84. The lowest BCUT2D eigenvalue weighted by Crippen LogP contribution is -2.63. The minimum absolute atomic E-state index is 0.0141. The lowest BCUT2D eigenvalue weighted by Gasteiger charge is -2.44. The number of ether oxygens (including phenoxy) is 2. The van der Waals surface area contributed by atoms with Crippen LogP contribution in [0, 0.1) is 5.82 Å². The summed E-state index contributed by atoms with van der Waals surface area (Å²) < 4.78 is 52.9. The summed E-state index contributed by atoms with van der Waals surface area (Å²) in [5.74, 6) is -0.578. The van der Waals surface area contributed by atoms with Crippen molar-refractivity contribution in [1.29, 1.82) is 0 Å². The van der Waals surface area contributed by atoms with Crippen LogP contribution in [-0.4, -0.2) is 104 Å². The number of piperazine rings is 1. The van der Waals surface area contributed by atoms with Crippen molar-refractivity contribution in [3.05, 3.63) is 53.5 Å². The van der Waals surface area contributed by atoms with Gasteiger partial charge in [-0.15, -0.1) is 0 Å². The van der Waals surface area contributed by atoms with Gasteiger partial charge in [0.05, 0.1) is 19.8 Å². The Labute approximate surface area is 227 Å². The Morgan fingerprint density at radius 1 is 1.15 bits per heavy atom. The summed E-state index contributed by atoms with van der Waals surface area (Å²) >= 11 is 0. The highest BCUT2D eigenvalue weighted by atomic mass is 19.3. The highest BCUT2D eigenvalue weighted by Gasteiger charge is 2.40. The van der Waals surface area contributed by atoms with Crippen LogP contribution in [0.2, 0.25) is 0 Å². The second kappa shape index (κ2) is 12.2. The first kappa shape index (κ1) is 27.8. The Balaban J connectivity index is 1.37. The number of nitrogens with one attached hydrogen (secondary N) is 1. The van der Waals surface area contributed by atoms with Gasteiger partial charge in [0.25, 0.3) is 6.43 Å². The number of anilines is 1. The molecule has 2 fully saturated rings. The molecule has 0 bridgehead atoms. The molecule has 1 N–H and O–H groups in total. The van der Waals surface area contributed by atoms with Crippen molar-refractivity contribution < 1.29 is 27.4 Å². The van der Waals surface area contributed by atoms with E-state index in [0.29, 0.717) is 38.3 Å². The highest BCUT2D eigenvalue weighted by Crippen LogP contribution is 2.35. The van der Waals surface area contributed by atoms with Crippen molar-refractivity contribution in [2.45, 2.75) is 50.9 Å². The van der Waals surface area contributed by atoms with E-state index in [1.165, 1.54) is 17.0 Å². The van der Waals surface area contributed by atoms with E-state index in [-0.39, 0.29) is 48.7 Å². The van der Waals surface area contributed by atoms with E-state index in [0.717, 1.165) is 18.7 Å². The molecule has 1 aromatic carbocycles. The normalized spacial score (nSPS) is 26.4. The van der Waals surface area contributed by atoms with Crippen molar-refractivity contribution in [3.8, 4) is 5.88 Å². The maximum Gasteiger partial charge on any atom is 0.262 e. The molecule has 1 amide bonds. The smallest absolute Gasteiger partial charge is 0.262 e. The van der Waals surface area contributed by atoms with E-state index >= 15 is 0 Å². The number of alkyl halides is 2. The molecule has 0 saturated carbocycles. The van der Waals surface area contributed by atoms with Gasteiger partial charge in [0.15, 0.2) is 0 Å². The Kier molecular flexibility index (Phi) is 8.70. The van der Waals surface area contributed by atoms with Gasteiger partial charge in [0, 0.05) is 50.5 Å². The number of nitrogens with zero attached hydrogens (tertiary/aromatic N) is 4. The van der Waals surface area contributed by atoms with Crippen molar-refractivity contribution in [3.63, 3.8) is 0 Å². The van der Waals surface area contributed by atoms with E-state index in [1.54, 1.807) is 24.4 Å².